The maximum Gasteiger partial charge on any atom is 0.248 e. The van der Waals surface area contributed by atoms with E-state index in [2.05, 4.69) is 4.98 Å². The maximum atomic E-state index is 13.3. The number of alkyl halides is 2. The summed E-state index contributed by atoms with van der Waals surface area (Å²) in [5, 5.41) is 0. The van der Waals surface area contributed by atoms with Crippen LogP contribution in [0.25, 0.3) is 0 Å². The van der Waals surface area contributed by atoms with E-state index >= 15 is 0 Å². The fourth-order valence-corrected chi connectivity index (χ4v) is 2.55. The van der Waals surface area contributed by atoms with E-state index in [1.807, 2.05) is 6.07 Å². The third-order valence-electron chi connectivity index (χ3n) is 3.60. The number of halogens is 2. The molecule has 0 aliphatic heterocycles. The van der Waals surface area contributed by atoms with Crippen LogP contribution in [0.1, 0.15) is 44.2 Å². The van der Waals surface area contributed by atoms with E-state index in [0.29, 0.717) is 18.5 Å². The summed E-state index contributed by atoms with van der Waals surface area (Å²) in [6, 6.07) is 5.35. The average molecular weight is 253 g/mol. The van der Waals surface area contributed by atoms with E-state index in [9.17, 15) is 13.6 Å². The van der Waals surface area contributed by atoms with Crippen LogP contribution in [0.15, 0.2) is 24.4 Å². The lowest BCUT2D eigenvalue weighted by atomic mass is 9.79. The Hall–Kier alpha value is -1.32. The van der Waals surface area contributed by atoms with Crippen LogP contribution in [0.2, 0.25) is 0 Å². The zero-order valence-corrected chi connectivity index (χ0v) is 10.4. The van der Waals surface area contributed by atoms with Crippen LogP contribution in [0, 0.1) is 5.92 Å². The van der Waals surface area contributed by atoms with Crippen molar-refractivity contribution < 1.29 is 13.6 Å². The van der Waals surface area contributed by atoms with E-state index in [1.165, 1.54) is 0 Å². The van der Waals surface area contributed by atoms with Gasteiger partial charge in [0.25, 0.3) is 0 Å². The fraction of sp³-hybridized carbons (Fsp3) is 0.571. The Labute approximate surface area is 105 Å². The molecule has 1 aliphatic carbocycles. The normalized spacial score (nSPS) is 24.5. The molecule has 0 saturated heterocycles. The molecule has 0 spiro atoms. The molecule has 1 fully saturated rings. The minimum absolute atomic E-state index is 0.0885. The molecule has 0 amide bonds. The van der Waals surface area contributed by atoms with Gasteiger partial charge in [0.05, 0.1) is 11.6 Å². The summed E-state index contributed by atoms with van der Waals surface area (Å²) < 4.78 is 26.6. The van der Waals surface area contributed by atoms with E-state index in [1.54, 1.807) is 25.3 Å². The summed E-state index contributed by atoms with van der Waals surface area (Å²) in [6.45, 7) is 1.75. The predicted octanol–water partition coefficient (Wildman–Crippen LogP) is 3.58. The molecule has 2 rings (SSSR count). The summed E-state index contributed by atoms with van der Waals surface area (Å²) in [7, 11) is 0. The van der Waals surface area contributed by atoms with Crippen molar-refractivity contribution in [3.8, 4) is 0 Å². The second kappa shape index (κ2) is 5.12. The van der Waals surface area contributed by atoms with Gasteiger partial charge in [-0.25, -0.2) is 8.78 Å². The zero-order chi connectivity index (χ0) is 13.2. The molecule has 1 aromatic heterocycles. The molecule has 1 heterocycles. The van der Waals surface area contributed by atoms with Crippen molar-refractivity contribution in [3.05, 3.63) is 30.1 Å². The van der Waals surface area contributed by atoms with Gasteiger partial charge in [-0.1, -0.05) is 6.07 Å². The molecule has 4 heteroatoms. The molecular formula is C14H17F2NO. The van der Waals surface area contributed by atoms with Crippen LogP contribution < -0.4 is 0 Å². The van der Waals surface area contributed by atoms with Gasteiger partial charge in [-0.3, -0.25) is 9.78 Å². The van der Waals surface area contributed by atoms with Crippen molar-refractivity contribution in [1.29, 1.82) is 0 Å². The van der Waals surface area contributed by atoms with E-state index in [4.69, 9.17) is 0 Å². The quantitative estimate of drug-likeness (QED) is 0.824. The monoisotopic (exact) mass is 253 g/mol. The molecule has 2 atom stereocenters. The zero-order valence-electron chi connectivity index (χ0n) is 10.4. The molecule has 1 aliphatic rings. The lowest BCUT2D eigenvalue weighted by molar-refractivity contribution is -0.131. The summed E-state index contributed by atoms with van der Waals surface area (Å²) >= 11 is 0. The van der Waals surface area contributed by atoms with Crippen LogP contribution in [0.3, 0.4) is 0 Å². The minimum atomic E-state index is -2.68. The van der Waals surface area contributed by atoms with Crippen LogP contribution in [-0.2, 0) is 4.79 Å². The van der Waals surface area contributed by atoms with E-state index in [-0.39, 0.29) is 18.6 Å². The minimum Gasteiger partial charge on any atom is -0.299 e. The fourth-order valence-electron chi connectivity index (χ4n) is 2.55. The van der Waals surface area contributed by atoms with Gasteiger partial charge in [-0.05, 0) is 31.9 Å². The highest BCUT2D eigenvalue weighted by molar-refractivity contribution is 5.87. The molecule has 1 aromatic rings. The number of hydrogen-bond donors (Lipinski definition) is 0. The third-order valence-corrected chi connectivity index (χ3v) is 3.60. The Morgan fingerprint density at radius 1 is 1.50 bits per heavy atom. The Balaban J connectivity index is 2.07. The van der Waals surface area contributed by atoms with Crippen LogP contribution in [0.5, 0.6) is 0 Å². The standard InChI is InChI=1S/C14H17F2NO/c1-10(12-6-2-3-8-17-12)13(18)11-5-4-7-14(15,16)9-11/h2-3,6,8,10-11H,4-5,7,9H2,1H3. The van der Waals surface area contributed by atoms with Gasteiger partial charge in [-0.2, -0.15) is 0 Å². The molecule has 98 valence electrons. The molecule has 0 N–H and O–H groups in total. The number of ketones is 1. The highest BCUT2D eigenvalue weighted by atomic mass is 19.3. The molecule has 2 nitrogen and oxygen atoms in total. The Bertz CT molecular complexity index is 419. The van der Waals surface area contributed by atoms with Gasteiger partial charge in [0, 0.05) is 25.0 Å². The number of rotatable bonds is 3. The molecule has 18 heavy (non-hydrogen) atoms. The first-order valence-electron chi connectivity index (χ1n) is 6.32. The first kappa shape index (κ1) is 13.1. The van der Waals surface area contributed by atoms with Crippen molar-refractivity contribution in [2.75, 3.05) is 0 Å². The number of nitrogens with zero attached hydrogens (tertiary/aromatic N) is 1. The average Bonchev–Trinajstić information content (AvgIpc) is 2.37. The highest BCUT2D eigenvalue weighted by Gasteiger charge is 2.40. The van der Waals surface area contributed by atoms with Crippen molar-refractivity contribution in [2.45, 2.75) is 44.4 Å². The largest absolute Gasteiger partial charge is 0.299 e. The van der Waals surface area contributed by atoms with E-state index in [0.717, 1.165) is 0 Å². The van der Waals surface area contributed by atoms with Crippen LogP contribution in [-0.4, -0.2) is 16.7 Å². The highest BCUT2D eigenvalue weighted by Crippen LogP contribution is 2.38. The Morgan fingerprint density at radius 3 is 2.89 bits per heavy atom. The van der Waals surface area contributed by atoms with Gasteiger partial charge < -0.3 is 0 Å². The number of Topliss-reactive ketones (excluding diaryl/α,β-unsaturated/α-hetero) is 1. The molecule has 2 unspecified atom stereocenters. The van der Waals surface area contributed by atoms with Crippen molar-refractivity contribution in [2.24, 2.45) is 5.92 Å². The SMILES string of the molecule is CC(C(=O)C1CCCC(F)(F)C1)c1ccccn1. The van der Waals surface area contributed by atoms with Crippen molar-refractivity contribution in [3.63, 3.8) is 0 Å². The topological polar surface area (TPSA) is 30.0 Å². The number of aromatic nitrogens is 1. The summed E-state index contributed by atoms with van der Waals surface area (Å²) in [4.78, 5) is 16.3. The van der Waals surface area contributed by atoms with Crippen molar-refractivity contribution in [1.82, 2.24) is 4.98 Å². The van der Waals surface area contributed by atoms with Gasteiger partial charge in [0.2, 0.25) is 5.92 Å². The van der Waals surface area contributed by atoms with Gasteiger partial charge in [-0.15, -0.1) is 0 Å². The van der Waals surface area contributed by atoms with Crippen LogP contribution in [0.4, 0.5) is 8.78 Å². The first-order valence-corrected chi connectivity index (χ1v) is 6.32. The molecule has 1 saturated carbocycles. The second-order valence-electron chi connectivity index (χ2n) is 5.03. The Kier molecular flexibility index (Phi) is 3.73. The number of pyridine rings is 1. The van der Waals surface area contributed by atoms with Gasteiger partial charge >= 0.3 is 0 Å². The second-order valence-corrected chi connectivity index (χ2v) is 5.03. The smallest absolute Gasteiger partial charge is 0.248 e. The number of hydrogen-bond acceptors (Lipinski definition) is 2. The van der Waals surface area contributed by atoms with Crippen molar-refractivity contribution >= 4 is 5.78 Å². The molecule has 0 radical (unpaired) electrons. The van der Waals surface area contributed by atoms with Crippen LogP contribution >= 0.6 is 0 Å². The molecular weight excluding hydrogens is 236 g/mol. The molecule has 0 bridgehead atoms. The van der Waals surface area contributed by atoms with Gasteiger partial charge in [0.1, 0.15) is 5.78 Å². The lowest BCUT2D eigenvalue weighted by Gasteiger charge is -2.29. The predicted molar refractivity (Wildman–Crippen MR) is 64.6 cm³/mol. The van der Waals surface area contributed by atoms with Gasteiger partial charge in [0.15, 0.2) is 0 Å². The summed E-state index contributed by atoms with van der Waals surface area (Å²) in [5.41, 5.74) is 0.663. The third kappa shape index (κ3) is 2.92. The Morgan fingerprint density at radius 2 is 2.28 bits per heavy atom. The van der Waals surface area contributed by atoms with E-state index < -0.39 is 17.8 Å². The summed E-state index contributed by atoms with van der Waals surface area (Å²) in [6.07, 6.45) is 2.23. The first-order chi connectivity index (χ1) is 8.49. The number of carbonyl (C=O) groups is 1. The summed E-state index contributed by atoms with van der Waals surface area (Å²) in [5.74, 6) is -3.70. The lowest BCUT2D eigenvalue weighted by Crippen LogP contribution is -2.32. The maximum absolute atomic E-state index is 13.3. The molecule has 0 aromatic carbocycles. The number of carbonyl (C=O) groups excluding carboxylic acids is 1.